The SMILES string of the molecule is CC(C)(C)OC(=O)N1CCC(C(=O)N(CC#N)c2ccccn2)C1. The van der Waals surface area contributed by atoms with Gasteiger partial charge in [-0.1, -0.05) is 6.07 Å². The Balaban J connectivity index is 2.05. The first-order chi connectivity index (χ1) is 11.3. The molecule has 1 fully saturated rings. The monoisotopic (exact) mass is 330 g/mol. The van der Waals surface area contributed by atoms with Crippen molar-refractivity contribution in [2.75, 3.05) is 24.5 Å². The van der Waals surface area contributed by atoms with Crippen LogP contribution in [0.5, 0.6) is 0 Å². The lowest BCUT2D eigenvalue weighted by molar-refractivity contribution is -0.121. The van der Waals surface area contributed by atoms with Gasteiger partial charge in [0.2, 0.25) is 5.91 Å². The van der Waals surface area contributed by atoms with E-state index in [0.717, 1.165) is 0 Å². The van der Waals surface area contributed by atoms with Crippen LogP contribution in [0.3, 0.4) is 0 Å². The minimum absolute atomic E-state index is 0.0707. The molecule has 128 valence electrons. The predicted octanol–water partition coefficient (Wildman–Crippen LogP) is 2.20. The number of hydrogen-bond acceptors (Lipinski definition) is 5. The van der Waals surface area contributed by atoms with Gasteiger partial charge in [-0.2, -0.15) is 5.26 Å². The van der Waals surface area contributed by atoms with Crippen molar-refractivity contribution in [3.63, 3.8) is 0 Å². The summed E-state index contributed by atoms with van der Waals surface area (Å²) < 4.78 is 5.34. The molecule has 0 radical (unpaired) electrons. The Morgan fingerprint density at radius 2 is 2.21 bits per heavy atom. The number of ether oxygens (including phenoxy) is 1. The molecular formula is C17H22N4O3. The molecular weight excluding hydrogens is 308 g/mol. The second-order valence-electron chi connectivity index (χ2n) is 6.68. The second-order valence-corrected chi connectivity index (χ2v) is 6.68. The van der Waals surface area contributed by atoms with Crippen molar-refractivity contribution >= 4 is 17.8 Å². The normalized spacial score (nSPS) is 17.2. The number of aromatic nitrogens is 1. The summed E-state index contributed by atoms with van der Waals surface area (Å²) >= 11 is 0. The summed E-state index contributed by atoms with van der Waals surface area (Å²) in [7, 11) is 0. The van der Waals surface area contributed by atoms with E-state index < -0.39 is 11.7 Å². The molecule has 1 atom stereocenters. The van der Waals surface area contributed by atoms with Gasteiger partial charge in [0.05, 0.1) is 12.0 Å². The van der Waals surface area contributed by atoms with Gasteiger partial charge in [-0.3, -0.25) is 9.69 Å². The molecule has 1 aromatic rings. The van der Waals surface area contributed by atoms with E-state index in [4.69, 9.17) is 10.00 Å². The van der Waals surface area contributed by atoms with Gasteiger partial charge in [0.1, 0.15) is 18.0 Å². The van der Waals surface area contributed by atoms with E-state index >= 15 is 0 Å². The van der Waals surface area contributed by atoms with E-state index in [0.29, 0.717) is 25.3 Å². The zero-order valence-corrected chi connectivity index (χ0v) is 14.2. The van der Waals surface area contributed by atoms with Gasteiger partial charge in [-0.15, -0.1) is 0 Å². The highest BCUT2D eigenvalue weighted by atomic mass is 16.6. The van der Waals surface area contributed by atoms with Gasteiger partial charge in [0.15, 0.2) is 0 Å². The lowest BCUT2D eigenvalue weighted by Crippen LogP contribution is -2.40. The van der Waals surface area contributed by atoms with Crippen LogP contribution in [0.2, 0.25) is 0 Å². The largest absolute Gasteiger partial charge is 0.444 e. The Morgan fingerprint density at radius 3 is 2.79 bits per heavy atom. The molecule has 1 saturated heterocycles. The molecule has 1 aliphatic heterocycles. The molecule has 0 N–H and O–H groups in total. The Labute approximate surface area is 141 Å². The molecule has 1 aliphatic rings. The first-order valence-electron chi connectivity index (χ1n) is 7.89. The number of pyridine rings is 1. The van der Waals surface area contributed by atoms with E-state index in [1.807, 2.05) is 6.07 Å². The van der Waals surface area contributed by atoms with Crippen LogP contribution >= 0.6 is 0 Å². The van der Waals surface area contributed by atoms with Crippen LogP contribution < -0.4 is 4.90 Å². The van der Waals surface area contributed by atoms with Crippen LogP contribution in [0.4, 0.5) is 10.6 Å². The molecule has 0 aliphatic carbocycles. The predicted molar refractivity (Wildman–Crippen MR) is 88.1 cm³/mol. The molecule has 2 heterocycles. The maximum atomic E-state index is 12.7. The third-order valence-corrected chi connectivity index (χ3v) is 3.61. The van der Waals surface area contributed by atoms with Crippen molar-refractivity contribution in [1.29, 1.82) is 5.26 Å². The van der Waals surface area contributed by atoms with Crippen molar-refractivity contribution in [1.82, 2.24) is 9.88 Å². The topological polar surface area (TPSA) is 86.5 Å². The molecule has 2 rings (SSSR count). The van der Waals surface area contributed by atoms with Gasteiger partial charge in [-0.25, -0.2) is 9.78 Å². The number of amides is 2. The van der Waals surface area contributed by atoms with Crippen LogP contribution in [-0.4, -0.2) is 47.1 Å². The smallest absolute Gasteiger partial charge is 0.410 e. The number of nitrogens with zero attached hydrogens (tertiary/aromatic N) is 4. The fourth-order valence-electron chi connectivity index (χ4n) is 2.53. The van der Waals surface area contributed by atoms with Gasteiger partial charge < -0.3 is 9.64 Å². The Morgan fingerprint density at radius 1 is 1.46 bits per heavy atom. The lowest BCUT2D eigenvalue weighted by atomic mass is 10.1. The van der Waals surface area contributed by atoms with E-state index in [2.05, 4.69) is 4.98 Å². The van der Waals surface area contributed by atoms with Crippen LogP contribution in [0, 0.1) is 17.2 Å². The fourth-order valence-corrected chi connectivity index (χ4v) is 2.53. The fraction of sp³-hybridized carbons (Fsp3) is 0.529. The van der Waals surface area contributed by atoms with Crippen LogP contribution in [0.1, 0.15) is 27.2 Å². The van der Waals surface area contributed by atoms with E-state index in [9.17, 15) is 9.59 Å². The average molecular weight is 330 g/mol. The first kappa shape index (κ1) is 17.7. The van der Waals surface area contributed by atoms with E-state index in [-0.39, 0.29) is 18.4 Å². The third-order valence-electron chi connectivity index (χ3n) is 3.61. The maximum Gasteiger partial charge on any atom is 0.410 e. The van der Waals surface area contributed by atoms with Crippen molar-refractivity contribution in [3.05, 3.63) is 24.4 Å². The molecule has 7 nitrogen and oxygen atoms in total. The van der Waals surface area contributed by atoms with Gasteiger partial charge in [0, 0.05) is 19.3 Å². The van der Waals surface area contributed by atoms with Crippen LogP contribution in [-0.2, 0) is 9.53 Å². The molecule has 0 bridgehead atoms. The zero-order chi connectivity index (χ0) is 17.7. The summed E-state index contributed by atoms with van der Waals surface area (Å²) in [5, 5.41) is 9.00. The molecule has 0 aromatic carbocycles. The van der Waals surface area contributed by atoms with Crippen molar-refractivity contribution < 1.29 is 14.3 Å². The van der Waals surface area contributed by atoms with E-state index in [1.54, 1.807) is 45.2 Å². The van der Waals surface area contributed by atoms with Crippen molar-refractivity contribution in [2.45, 2.75) is 32.8 Å². The highest BCUT2D eigenvalue weighted by molar-refractivity contribution is 5.95. The maximum absolute atomic E-state index is 12.7. The zero-order valence-electron chi connectivity index (χ0n) is 14.2. The second kappa shape index (κ2) is 7.30. The average Bonchev–Trinajstić information content (AvgIpc) is 3.01. The number of hydrogen-bond donors (Lipinski definition) is 0. The molecule has 2 amide bonds. The van der Waals surface area contributed by atoms with Crippen LogP contribution in [0.25, 0.3) is 0 Å². The Hall–Kier alpha value is -2.62. The number of likely N-dealkylation sites (tertiary alicyclic amines) is 1. The molecule has 24 heavy (non-hydrogen) atoms. The third kappa shape index (κ3) is 4.44. The molecule has 7 heteroatoms. The standard InChI is InChI=1S/C17H22N4O3/c1-17(2,3)24-16(23)20-10-7-13(12-20)15(22)21(11-8-18)14-6-4-5-9-19-14/h4-6,9,13H,7,10-12H2,1-3H3. The van der Waals surface area contributed by atoms with Crippen LogP contribution in [0.15, 0.2) is 24.4 Å². The van der Waals surface area contributed by atoms with Crippen molar-refractivity contribution in [2.24, 2.45) is 5.92 Å². The minimum atomic E-state index is -0.569. The summed E-state index contributed by atoms with van der Waals surface area (Å²) in [6, 6.07) is 7.20. The first-order valence-corrected chi connectivity index (χ1v) is 7.89. The number of carbonyl (C=O) groups excluding carboxylic acids is 2. The molecule has 1 aromatic heterocycles. The highest BCUT2D eigenvalue weighted by Gasteiger charge is 2.36. The summed E-state index contributed by atoms with van der Waals surface area (Å²) in [5.74, 6) is -0.103. The number of carbonyl (C=O) groups is 2. The highest BCUT2D eigenvalue weighted by Crippen LogP contribution is 2.23. The summed E-state index contributed by atoms with van der Waals surface area (Å²) in [5.41, 5.74) is -0.569. The molecule has 0 spiro atoms. The molecule has 0 saturated carbocycles. The van der Waals surface area contributed by atoms with Crippen molar-refractivity contribution in [3.8, 4) is 6.07 Å². The van der Waals surface area contributed by atoms with E-state index in [1.165, 1.54) is 9.80 Å². The summed E-state index contributed by atoms with van der Waals surface area (Å²) in [6.07, 6.45) is 1.71. The number of nitriles is 1. The Kier molecular flexibility index (Phi) is 5.39. The van der Waals surface area contributed by atoms with Gasteiger partial charge >= 0.3 is 6.09 Å². The summed E-state index contributed by atoms with van der Waals surface area (Å²) in [4.78, 5) is 31.9. The number of rotatable bonds is 3. The number of anilines is 1. The van der Waals surface area contributed by atoms with Gasteiger partial charge in [-0.05, 0) is 39.3 Å². The quantitative estimate of drug-likeness (QED) is 0.793. The van der Waals surface area contributed by atoms with Gasteiger partial charge in [0.25, 0.3) is 0 Å². The summed E-state index contributed by atoms with van der Waals surface area (Å²) in [6.45, 7) is 6.10. The lowest BCUT2D eigenvalue weighted by Gasteiger charge is -2.25. The Bertz CT molecular complexity index is 633. The molecule has 1 unspecified atom stereocenters. The minimum Gasteiger partial charge on any atom is -0.444 e.